The molecule has 31 heavy (non-hydrogen) atoms. The Morgan fingerprint density at radius 3 is 2.42 bits per heavy atom. The minimum Gasteiger partial charge on any atom is -0.356 e. The summed E-state index contributed by atoms with van der Waals surface area (Å²) in [6, 6.07) is 27.4. The summed E-state index contributed by atoms with van der Waals surface area (Å²) in [4.78, 5) is 12.4. The summed E-state index contributed by atoms with van der Waals surface area (Å²) in [5, 5.41) is 4.32. The topological polar surface area (TPSA) is 34.0 Å². The second-order valence-corrected chi connectivity index (χ2v) is 8.16. The standard InChI is InChI=1S/C28H30N2O/c1-22-10-5-6-14-24(22)20-30-21-25(26-15-7-8-16-27(26)30)17-18-28(31)29-19-9-13-23-11-3-2-4-12-23/h2-8,10-12,14-16,21H,9,13,17-20H2,1H3,(H,29,31). The van der Waals surface area contributed by atoms with Crippen LogP contribution in [0.3, 0.4) is 0 Å². The molecule has 0 saturated heterocycles. The number of benzene rings is 3. The number of para-hydroxylation sites is 1. The maximum Gasteiger partial charge on any atom is 0.220 e. The fourth-order valence-electron chi connectivity index (χ4n) is 4.13. The Bertz CT molecular complexity index is 1140. The number of fused-ring (bicyclic) bond motifs is 1. The predicted molar refractivity (Wildman–Crippen MR) is 128 cm³/mol. The third kappa shape index (κ3) is 5.43. The van der Waals surface area contributed by atoms with Crippen LogP contribution in [0.5, 0.6) is 0 Å². The third-order valence-electron chi connectivity index (χ3n) is 5.90. The van der Waals surface area contributed by atoms with Crippen molar-refractivity contribution in [1.29, 1.82) is 0 Å². The highest BCUT2D eigenvalue weighted by Crippen LogP contribution is 2.24. The molecule has 0 aliphatic carbocycles. The average molecular weight is 411 g/mol. The van der Waals surface area contributed by atoms with E-state index < -0.39 is 0 Å². The number of nitrogens with zero attached hydrogens (tertiary/aromatic N) is 1. The number of aromatic nitrogens is 1. The van der Waals surface area contributed by atoms with Gasteiger partial charge in [-0.05, 0) is 54.5 Å². The highest BCUT2D eigenvalue weighted by Gasteiger charge is 2.11. The summed E-state index contributed by atoms with van der Waals surface area (Å²) >= 11 is 0. The number of amides is 1. The van der Waals surface area contributed by atoms with Gasteiger partial charge in [-0.2, -0.15) is 0 Å². The number of aryl methyl sites for hydroxylation is 3. The quantitative estimate of drug-likeness (QED) is 0.354. The zero-order chi connectivity index (χ0) is 21.5. The van der Waals surface area contributed by atoms with E-state index in [1.165, 1.54) is 33.2 Å². The second kappa shape index (κ2) is 10.1. The maximum absolute atomic E-state index is 12.4. The first kappa shape index (κ1) is 20.9. The Morgan fingerprint density at radius 1 is 0.839 bits per heavy atom. The lowest BCUT2D eigenvalue weighted by Crippen LogP contribution is -2.24. The molecule has 3 nitrogen and oxygen atoms in total. The average Bonchev–Trinajstić information content (AvgIpc) is 3.15. The van der Waals surface area contributed by atoms with Gasteiger partial charge in [0.1, 0.15) is 0 Å². The molecule has 0 unspecified atom stereocenters. The normalized spacial score (nSPS) is 11.0. The molecule has 1 amide bonds. The van der Waals surface area contributed by atoms with Gasteiger partial charge in [0.15, 0.2) is 0 Å². The van der Waals surface area contributed by atoms with Gasteiger partial charge in [-0.15, -0.1) is 0 Å². The van der Waals surface area contributed by atoms with E-state index in [0.717, 1.165) is 32.4 Å². The van der Waals surface area contributed by atoms with Crippen LogP contribution in [0.25, 0.3) is 10.9 Å². The lowest BCUT2D eigenvalue weighted by atomic mass is 10.1. The van der Waals surface area contributed by atoms with E-state index in [4.69, 9.17) is 0 Å². The van der Waals surface area contributed by atoms with Crippen molar-refractivity contribution in [3.8, 4) is 0 Å². The van der Waals surface area contributed by atoms with Crippen molar-refractivity contribution in [3.63, 3.8) is 0 Å². The number of hydrogen-bond donors (Lipinski definition) is 1. The van der Waals surface area contributed by atoms with Gasteiger partial charge in [0.25, 0.3) is 0 Å². The van der Waals surface area contributed by atoms with Crippen molar-refractivity contribution in [1.82, 2.24) is 9.88 Å². The van der Waals surface area contributed by atoms with Gasteiger partial charge in [0.05, 0.1) is 0 Å². The van der Waals surface area contributed by atoms with Crippen molar-refractivity contribution in [3.05, 3.63) is 107 Å². The minimum absolute atomic E-state index is 0.129. The van der Waals surface area contributed by atoms with Gasteiger partial charge in [0.2, 0.25) is 5.91 Å². The summed E-state index contributed by atoms with van der Waals surface area (Å²) in [5.41, 5.74) is 6.41. The van der Waals surface area contributed by atoms with Crippen LogP contribution in [0.4, 0.5) is 0 Å². The van der Waals surface area contributed by atoms with E-state index in [0.29, 0.717) is 6.42 Å². The molecular weight excluding hydrogens is 380 g/mol. The first-order valence-corrected chi connectivity index (χ1v) is 11.1. The molecule has 0 fully saturated rings. The monoisotopic (exact) mass is 410 g/mol. The van der Waals surface area contributed by atoms with E-state index >= 15 is 0 Å². The molecule has 1 aromatic heterocycles. The molecule has 3 aromatic carbocycles. The van der Waals surface area contributed by atoms with Crippen LogP contribution < -0.4 is 5.32 Å². The van der Waals surface area contributed by atoms with E-state index in [2.05, 4.69) is 95.8 Å². The third-order valence-corrected chi connectivity index (χ3v) is 5.90. The van der Waals surface area contributed by atoms with Gasteiger partial charge >= 0.3 is 0 Å². The summed E-state index contributed by atoms with van der Waals surface area (Å²) < 4.78 is 2.31. The summed E-state index contributed by atoms with van der Waals surface area (Å²) in [6.07, 6.45) is 5.45. The molecule has 4 aromatic rings. The smallest absolute Gasteiger partial charge is 0.220 e. The molecule has 0 saturated carbocycles. The molecule has 0 atom stereocenters. The van der Waals surface area contributed by atoms with Gasteiger partial charge in [-0.25, -0.2) is 0 Å². The molecule has 0 aliphatic rings. The zero-order valence-electron chi connectivity index (χ0n) is 18.2. The Balaban J connectivity index is 1.35. The highest BCUT2D eigenvalue weighted by molar-refractivity contribution is 5.85. The van der Waals surface area contributed by atoms with E-state index in [-0.39, 0.29) is 5.91 Å². The van der Waals surface area contributed by atoms with Crippen molar-refractivity contribution in [2.45, 2.75) is 39.2 Å². The molecule has 0 aliphatic heterocycles. The number of carbonyl (C=O) groups is 1. The van der Waals surface area contributed by atoms with Crippen molar-refractivity contribution < 1.29 is 4.79 Å². The number of carbonyl (C=O) groups excluding carboxylic acids is 1. The van der Waals surface area contributed by atoms with Crippen LogP contribution >= 0.6 is 0 Å². The Morgan fingerprint density at radius 2 is 1.58 bits per heavy atom. The Labute approximate surface area is 184 Å². The number of nitrogens with one attached hydrogen (secondary N) is 1. The van der Waals surface area contributed by atoms with Gasteiger partial charge < -0.3 is 9.88 Å². The number of rotatable bonds is 9. The largest absolute Gasteiger partial charge is 0.356 e. The van der Waals surface area contributed by atoms with Crippen LogP contribution in [-0.2, 0) is 24.2 Å². The van der Waals surface area contributed by atoms with Crippen molar-refractivity contribution in [2.75, 3.05) is 6.54 Å². The second-order valence-electron chi connectivity index (χ2n) is 8.16. The summed E-state index contributed by atoms with van der Waals surface area (Å²) in [7, 11) is 0. The molecule has 3 heteroatoms. The molecule has 0 bridgehead atoms. The summed E-state index contributed by atoms with van der Waals surface area (Å²) in [6.45, 7) is 3.73. The molecular formula is C28H30N2O. The van der Waals surface area contributed by atoms with Crippen molar-refractivity contribution in [2.24, 2.45) is 0 Å². The van der Waals surface area contributed by atoms with E-state index in [9.17, 15) is 4.79 Å². The molecule has 1 heterocycles. The first-order valence-electron chi connectivity index (χ1n) is 11.1. The molecule has 1 N–H and O–H groups in total. The van der Waals surface area contributed by atoms with Crippen LogP contribution in [0.15, 0.2) is 85.1 Å². The molecule has 158 valence electrons. The SMILES string of the molecule is Cc1ccccc1Cn1cc(CCC(=O)NCCCc2ccccc2)c2ccccc21. The van der Waals surface area contributed by atoms with Crippen LogP contribution in [-0.4, -0.2) is 17.0 Å². The van der Waals surface area contributed by atoms with Crippen molar-refractivity contribution >= 4 is 16.8 Å². The lowest BCUT2D eigenvalue weighted by Gasteiger charge is -2.08. The lowest BCUT2D eigenvalue weighted by molar-refractivity contribution is -0.121. The van der Waals surface area contributed by atoms with Crippen LogP contribution in [0.1, 0.15) is 35.1 Å². The van der Waals surface area contributed by atoms with E-state index in [1.54, 1.807) is 0 Å². The molecule has 0 radical (unpaired) electrons. The maximum atomic E-state index is 12.4. The number of hydrogen-bond acceptors (Lipinski definition) is 1. The molecule has 0 spiro atoms. The Kier molecular flexibility index (Phi) is 6.83. The van der Waals surface area contributed by atoms with Crippen LogP contribution in [0.2, 0.25) is 0 Å². The van der Waals surface area contributed by atoms with Crippen LogP contribution in [0, 0.1) is 6.92 Å². The predicted octanol–water partition coefficient (Wildman–Crippen LogP) is 5.68. The van der Waals surface area contributed by atoms with E-state index in [1.807, 2.05) is 6.07 Å². The fourth-order valence-corrected chi connectivity index (χ4v) is 4.13. The summed E-state index contributed by atoms with van der Waals surface area (Å²) in [5.74, 6) is 0.129. The minimum atomic E-state index is 0.129. The fraction of sp³-hybridized carbons (Fsp3) is 0.250. The Hall–Kier alpha value is -3.33. The highest BCUT2D eigenvalue weighted by atomic mass is 16.1. The van der Waals surface area contributed by atoms with Gasteiger partial charge in [0, 0.05) is 36.6 Å². The molecule has 4 rings (SSSR count). The first-order chi connectivity index (χ1) is 15.2. The van der Waals surface area contributed by atoms with Gasteiger partial charge in [-0.3, -0.25) is 4.79 Å². The van der Waals surface area contributed by atoms with Gasteiger partial charge in [-0.1, -0.05) is 72.8 Å². The zero-order valence-corrected chi connectivity index (χ0v) is 18.2.